The fourth-order valence-electron chi connectivity index (χ4n) is 3.38. The second-order valence-corrected chi connectivity index (χ2v) is 6.30. The molecule has 3 heterocycles. The van der Waals surface area contributed by atoms with Gasteiger partial charge >= 0.3 is 0 Å². The van der Waals surface area contributed by atoms with E-state index in [1.807, 2.05) is 17.5 Å². The van der Waals surface area contributed by atoms with Crippen molar-refractivity contribution >= 4 is 17.2 Å². The average Bonchev–Trinajstić information content (AvgIpc) is 2.95. The van der Waals surface area contributed by atoms with E-state index in [0.29, 0.717) is 30.5 Å². The number of thiophene rings is 1. The Hall–Kier alpha value is -0.870. The van der Waals surface area contributed by atoms with Crippen LogP contribution in [0.25, 0.3) is 0 Å². The summed E-state index contributed by atoms with van der Waals surface area (Å²) in [7, 11) is 1.78. The number of fused-ring (bicyclic) bond motifs is 2. The van der Waals surface area contributed by atoms with Crippen LogP contribution in [-0.2, 0) is 16.0 Å². The molecule has 1 amide bonds. The lowest BCUT2D eigenvalue weighted by Crippen LogP contribution is -2.48. The van der Waals surface area contributed by atoms with Gasteiger partial charge in [0.05, 0.1) is 12.5 Å². The zero-order valence-electron chi connectivity index (χ0n) is 10.7. The van der Waals surface area contributed by atoms with Crippen LogP contribution < -0.4 is 0 Å². The summed E-state index contributed by atoms with van der Waals surface area (Å²) in [5.74, 6) is 0.305. The Balaban J connectivity index is 1.68. The zero-order chi connectivity index (χ0) is 12.5. The Morgan fingerprint density at radius 2 is 2.17 bits per heavy atom. The van der Waals surface area contributed by atoms with E-state index in [0.717, 1.165) is 25.7 Å². The molecule has 2 aliphatic heterocycles. The maximum Gasteiger partial charge on any atom is 0.228 e. The van der Waals surface area contributed by atoms with E-state index < -0.39 is 0 Å². The summed E-state index contributed by atoms with van der Waals surface area (Å²) >= 11 is 1.67. The van der Waals surface area contributed by atoms with Crippen LogP contribution in [0.5, 0.6) is 0 Å². The summed E-state index contributed by atoms with van der Waals surface area (Å²) in [6.07, 6.45) is 5.27. The number of amides is 1. The molecule has 1 aromatic heterocycles. The third-order valence-corrected chi connectivity index (χ3v) is 5.09. The van der Waals surface area contributed by atoms with E-state index in [9.17, 15) is 4.79 Å². The first kappa shape index (κ1) is 12.2. The van der Waals surface area contributed by atoms with E-state index in [1.165, 1.54) is 4.88 Å². The van der Waals surface area contributed by atoms with Gasteiger partial charge in [0.25, 0.3) is 0 Å². The smallest absolute Gasteiger partial charge is 0.228 e. The van der Waals surface area contributed by atoms with Gasteiger partial charge in [0, 0.05) is 24.1 Å². The first-order chi connectivity index (χ1) is 8.78. The van der Waals surface area contributed by atoms with Crippen molar-refractivity contribution < 1.29 is 9.53 Å². The molecule has 2 fully saturated rings. The number of piperidine rings is 1. The number of carbonyl (C=O) groups excluding carboxylic acids is 1. The number of hydrogen-bond acceptors (Lipinski definition) is 3. The van der Waals surface area contributed by atoms with Crippen molar-refractivity contribution in [2.24, 2.45) is 0 Å². The zero-order valence-corrected chi connectivity index (χ0v) is 11.5. The molecule has 3 rings (SSSR count). The number of nitrogens with zero attached hydrogens (tertiary/aromatic N) is 1. The number of rotatable bonds is 3. The molecule has 98 valence electrons. The van der Waals surface area contributed by atoms with Gasteiger partial charge in [-0.1, -0.05) is 6.07 Å². The van der Waals surface area contributed by atoms with Crippen LogP contribution in [0.1, 0.15) is 30.6 Å². The monoisotopic (exact) mass is 265 g/mol. The minimum Gasteiger partial charge on any atom is -0.381 e. The molecular weight excluding hydrogens is 246 g/mol. The minimum absolute atomic E-state index is 0.305. The predicted molar refractivity (Wildman–Crippen MR) is 71.7 cm³/mol. The van der Waals surface area contributed by atoms with Gasteiger partial charge < -0.3 is 9.64 Å². The van der Waals surface area contributed by atoms with Gasteiger partial charge in [-0.25, -0.2) is 0 Å². The maximum absolute atomic E-state index is 12.4. The van der Waals surface area contributed by atoms with Gasteiger partial charge in [-0.2, -0.15) is 0 Å². The molecule has 3 nitrogen and oxygen atoms in total. The Kier molecular flexibility index (Phi) is 3.39. The van der Waals surface area contributed by atoms with Crippen LogP contribution >= 0.6 is 11.3 Å². The molecule has 2 aliphatic rings. The van der Waals surface area contributed by atoms with Crippen LogP contribution in [0.15, 0.2) is 17.5 Å². The van der Waals surface area contributed by atoms with E-state index in [-0.39, 0.29) is 0 Å². The fourth-order valence-corrected chi connectivity index (χ4v) is 4.08. The highest BCUT2D eigenvalue weighted by Crippen LogP contribution is 2.37. The third-order valence-electron chi connectivity index (χ3n) is 4.22. The van der Waals surface area contributed by atoms with Gasteiger partial charge in [-0.15, -0.1) is 11.3 Å². The van der Waals surface area contributed by atoms with Crippen molar-refractivity contribution in [3.63, 3.8) is 0 Å². The normalized spacial score (nSPS) is 30.7. The van der Waals surface area contributed by atoms with Gasteiger partial charge in [0.15, 0.2) is 0 Å². The SMILES string of the molecule is COC1CC2CCC(C1)N2C(=O)Cc1cccs1. The Labute approximate surface area is 112 Å². The molecule has 2 unspecified atom stereocenters. The fraction of sp³-hybridized carbons (Fsp3) is 0.643. The Morgan fingerprint density at radius 3 is 2.72 bits per heavy atom. The lowest BCUT2D eigenvalue weighted by atomic mass is 9.99. The van der Waals surface area contributed by atoms with Crippen LogP contribution in [0.3, 0.4) is 0 Å². The highest BCUT2D eigenvalue weighted by molar-refractivity contribution is 7.10. The molecule has 4 heteroatoms. The van der Waals surface area contributed by atoms with Crippen LogP contribution in [0.2, 0.25) is 0 Å². The largest absolute Gasteiger partial charge is 0.381 e. The molecule has 0 saturated carbocycles. The second-order valence-electron chi connectivity index (χ2n) is 5.27. The molecule has 2 atom stereocenters. The lowest BCUT2D eigenvalue weighted by Gasteiger charge is -2.38. The van der Waals surface area contributed by atoms with Crippen molar-refractivity contribution in [2.75, 3.05) is 7.11 Å². The van der Waals surface area contributed by atoms with Crippen molar-refractivity contribution in [1.29, 1.82) is 0 Å². The van der Waals surface area contributed by atoms with Gasteiger partial charge in [-0.05, 0) is 37.1 Å². The van der Waals surface area contributed by atoms with Gasteiger partial charge in [-0.3, -0.25) is 4.79 Å². The summed E-state index contributed by atoms with van der Waals surface area (Å²) in [5, 5.41) is 2.04. The Morgan fingerprint density at radius 1 is 1.44 bits per heavy atom. The van der Waals surface area contributed by atoms with E-state index in [4.69, 9.17) is 4.74 Å². The van der Waals surface area contributed by atoms with Crippen LogP contribution in [-0.4, -0.2) is 36.1 Å². The molecule has 1 aromatic rings. The van der Waals surface area contributed by atoms with Crippen molar-refractivity contribution in [2.45, 2.75) is 50.3 Å². The number of hydrogen-bond donors (Lipinski definition) is 0. The van der Waals surface area contributed by atoms with Crippen molar-refractivity contribution in [3.05, 3.63) is 22.4 Å². The molecular formula is C14H19NO2S. The number of ether oxygens (including phenoxy) is 1. The molecule has 0 aliphatic carbocycles. The minimum atomic E-state index is 0.305. The summed E-state index contributed by atoms with van der Waals surface area (Å²) in [6, 6.07) is 4.90. The third kappa shape index (κ3) is 2.19. The van der Waals surface area contributed by atoms with E-state index in [2.05, 4.69) is 4.90 Å². The van der Waals surface area contributed by atoms with Crippen LogP contribution in [0.4, 0.5) is 0 Å². The van der Waals surface area contributed by atoms with Gasteiger partial charge in [0.2, 0.25) is 5.91 Å². The molecule has 0 N–H and O–H groups in total. The molecule has 18 heavy (non-hydrogen) atoms. The van der Waals surface area contributed by atoms with Crippen molar-refractivity contribution in [1.82, 2.24) is 4.90 Å². The number of carbonyl (C=O) groups is 1. The van der Waals surface area contributed by atoms with E-state index >= 15 is 0 Å². The molecule has 0 radical (unpaired) electrons. The predicted octanol–water partition coefficient (Wildman–Crippen LogP) is 2.46. The molecule has 2 saturated heterocycles. The Bertz CT molecular complexity index is 403. The topological polar surface area (TPSA) is 29.5 Å². The maximum atomic E-state index is 12.4. The molecule has 2 bridgehead atoms. The summed E-state index contributed by atoms with van der Waals surface area (Å²) in [5.41, 5.74) is 0. The highest BCUT2D eigenvalue weighted by atomic mass is 32.1. The van der Waals surface area contributed by atoms with Gasteiger partial charge in [0.1, 0.15) is 0 Å². The standard InChI is InChI=1S/C14H19NO2S/c1-17-12-7-10-4-5-11(8-12)15(10)14(16)9-13-3-2-6-18-13/h2-3,6,10-12H,4-5,7-9H2,1H3. The summed E-state index contributed by atoms with van der Waals surface area (Å²) in [4.78, 5) is 15.7. The first-order valence-electron chi connectivity index (χ1n) is 6.64. The molecule has 0 spiro atoms. The van der Waals surface area contributed by atoms with Crippen molar-refractivity contribution in [3.8, 4) is 0 Å². The summed E-state index contributed by atoms with van der Waals surface area (Å²) < 4.78 is 5.47. The highest BCUT2D eigenvalue weighted by Gasteiger charge is 2.43. The summed E-state index contributed by atoms with van der Waals surface area (Å²) in [6.45, 7) is 0. The van der Waals surface area contributed by atoms with Crippen LogP contribution in [0, 0.1) is 0 Å². The first-order valence-corrected chi connectivity index (χ1v) is 7.52. The molecule has 0 aromatic carbocycles. The second kappa shape index (κ2) is 5.02. The number of methoxy groups -OCH3 is 1. The average molecular weight is 265 g/mol. The lowest BCUT2D eigenvalue weighted by molar-refractivity contribution is -0.137. The quantitative estimate of drug-likeness (QED) is 0.840. The van der Waals surface area contributed by atoms with E-state index in [1.54, 1.807) is 18.4 Å².